The van der Waals surface area contributed by atoms with Gasteiger partial charge in [0.25, 0.3) is 0 Å². The summed E-state index contributed by atoms with van der Waals surface area (Å²) in [5, 5.41) is 0. The summed E-state index contributed by atoms with van der Waals surface area (Å²) in [4.78, 5) is 3.56. The van der Waals surface area contributed by atoms with Crippen LogP contribution < -0.4 is 5.90 Å². The maximum Gasteiger partial charge on any atom is 0.118 e. The highest BCUT2D eigenvalue weighted by molar-refractivity contribution is 4.70. The molecule has 0 saturated heterocycles. The Morgan fingerprint density at radius 2 is 2.20 bits per heavy atom. The molecule has 0 fully saturated rings. The Kier molecular flexibility index (Phi) is 1.61. The maximum atomic E-state index is 7.54. The molecule has 0 N–H and O–H groups in total. The van der Waals surface area contributed by atoms with Gasteiger partial charge in [-0.15, -0.1) is 0 Å². The fourth-order valence-electron chi connectivity index (χ4n) is 0. The molecule has 2 heteroatoms. The van der Waals surface area contributed by atoms with Gasteiger partial charge in [-0.05, 0) is 6.92 Å². The molecular weight excluding hydrogens is 66.0 g/mol. The first kappa shape index (κ1) is 4.50. The SMILES string of the molecule is C=C(C)O[N]. The van der Waals surface area contributed by atoms with Crippen molar-refractivity contribution in [2.45, 2.75) is 6.92 Å². The summed E-state index contributed by atoms with van der Waals surface area (Å²) in [6, 6.07) is 0. The van der Waals surface area contributed by atoms with E-state index in [1.807, 2.05) is 0 Å². The van der Waals surface area contributed by atoms with Crippen LogP contribution in [0.3, 0.4) is 0 Å². The minimum Gasteiger partial charge on any atom is -0.373 e. The lowest BCUT2D eigenvalue weighted by Crippen LogP contribution is -1.75. The molecule has 0 spiro atoms. The average molecular weight is 71.1 g/mol. The van der Waals surface area contributed by atoms with Crippen molar-refractivity contribution in [1.29, 1.82) is 0 Å². The van der Waals surface area contributed by atoms with E-state index >= 15 is 0 Å². The normalized spacial score (nSPS) is 6.80. The molecule has 0 aliphatic carbocycles. The van der Waals surface area contributed by atoms with Gasteiger partial charge in [0.05, 0.1) is 0 Å². The molecule has 5 heavy (non-hydrogen) atoms. The molecule has 0 atom stereocenters. The minimum atomic E-state index is 0.310. The van der Waals surface area contributed by atoms with Gasteiger partial charge < -0.3 is 4.84 Å². The summed E-state index contributed by atoms with van der Waals surface area (Å²) < 4.78 is 0. The van der Waals surface area contributed by atoms with Crippen LogP contribution in [0, 0.1) is 0 Å². The van der Waals surface area contributed by atoms with Gasteiger partial charge in [-0.3, -0.25) is 0 Å². The molecule has 0 amide bonds. The zero-order chi connectivity index (χ0) is 4.28. The van der Waals surface area contributed by atoms with Crippen molar-refractivity contribution in [2.24, 2.45) is 0 Å². The van der Waals surface area contributed by atoms with Crippen molar-refractivity contribution in [2.75, 3.05) is 0 Å². The lowest BCUT2D eigenvalue weighted by Gasteiger charge is -1.81. The molecule has 0 bridgehead atoms. The van der Waals surface area contributed by atoms with E-state index in [0.717, 1.165) is 0 Å². The molecule has 2 nitrogen and oxygen atoms in total. The van der Waals surface area contributed by atoms with Gasteiger partial charge in [0.15, 0.2) is 0 Å². The molecule has 28 valence electrons. The van der Waals surface area contributed by atoms with E-state index in [-0.39, 0.29) is 0 Å². The van der Waals surface area contributed by atoms with Crippen molar-refractivity contribution < 1.29 is 4.84 Å². The molecule has 0 aliphatic rings. The minimum absolute atomic E-state index is 0.310. The Morgan fingerprint density at radius 1 is 2.00 bits per heavy atom. The third kappa shape index (κ3) is 3.50. The number of hydrogen-bond donors (Lipinski definition) is 0. The predicted octanol–water partition coefficient (Wildman–Crippen LogP) is 0.520. The van der Waals surface area contributed by atoms with E-state index in [0.29, 0.717) is 5.76 Å². The highest BCUT2D eigenvalue weighted by atomic mass is 16.6. The zero-order valence-electron chi connectivity index (χ0n) is 3.06. The summed E-state index contributed by atoms with van der Waals surface area (Å²) >= 11 is 0. The first-order valence-electron chi connectivity index (χ1n) is 1.24. The highest BCUT2D eigenvalue weighted by Gasteiger charge is 1.69. The maximum absolute atomic E-state index is 7.54. The molecule has 0 aliphatic heterocycles. The standard InChI is InChI=1S/C3H5NO/c1-3(2)5-4/h1H2,2H3. The van der Waals surface area contributed by atoms with E-state index < -0.39 is 0 Å². The first-order chi connectivity index (χ1) is 2.27. The van der Waals surface area contributed by atoms with Crippen molar-refractivity contribution in [3.63, 3.8) is 0 Å². The van der Waals surface area contributed by atoms with Crippen LogP contribution in [0.15, 0.2) is 12.3 Å². The largest absolute Gasteiger partial charge is 0.373 e. The zero-order valence-corrected chi connectivity index (χ0v) is 3.06. The highest BCUT2D eigenvalue weighted by Crippen LogP contribution is 1.78. The first-order valence-corrected chi connectivity index (χ1v) is 1.24. The third-order valence-electron chi connectivity index (χ3n) is 0.156. The van der Waals surface area contributed by atoms with Gasteiger partial charge in [0, 0.05) is 0 Å². The second-order valence-corrected chi connectivity index (χ2v) is 0.793. The summed E-state index contributed by atoms with van der Waals surface area (Å²) in [5.41, 5.74) is 0. The molecule has 0 aromatic rings. The molecule has 0 saturated carbocycles. The van der Waals surface area contributed by atoms with Gasteiger partial charge in [-0.2, -0.15) is 0 Å². The van der Waals surface area contributed by atoms with Crippen LogP contribution in [-0.2, 0) is 4.84 Å². The van der Waals surface area contributed by atoms with Crippen LogP contribution in [-0.4, -0.2) is 0 Å². The lowest BCUT2D eigenvalue weighted by molar-refractivity contribution is 0.201. The van der Waals surface area contributed by atoms with Crippen molar-refractivity contribution in [3.05, 3.63) is 12.3 Å². The number of nitrogens with zero attached hydrogens (tertiary/aromatic N) is 1. The van der Waals surface area contributed by atoms with Gasteiger partial charge >= 0.3 is 0 Å². The van der Waals surface area contributed by atoms with Crippen molar-refractivity contribution >= 4 is 0 Å². The van der Waals surface area contributed by atoms with Crippen LogP contribution in [0.4, 0.5) is 0 Å². The fourth-order valence-corrected chi connectivity index (χ4v) is 0. The van der Waals surface area contributed by atoms with Gasteiger partial charge in [-0.1, -0.05) is 6.58 Å². The van der Waals surface area contributed by atoms with E-state index in [1.165, 1.54) is 0 Å². The van der Waals surface area contributed by atoms with Crippen LogP contribution >= 0.6 is 0 Å². The smallest absolute Gasteiger partial charge is 0.118 e. The molecule has 0 rings (SSSR count). The average Bonchev–Trinajstić information content (AvgIpc) is 1.38. The molecule has 0 unspecified atom stereocenters. The van der Waals surface area contributed by atoms with Crippen molar-refractivity contribution in [3.8, 4) is 0 Å². The van der Waals surface area contributed by atoms with Crippen LogP contribution in [0.25, 0.3) is 0 Å². The van der Waals surface area contributed by atoms with E-state index in [9.17, 15) is 0 Å². The third-order valence-corrected chi connectivity index (χ3v) is 0.156. The number of hydrogen-bond acceptors (Lipinski definition) is 1. The van der Waals surface area contributed by atoms with Gasteiger partial charge in [-0.25, -0.2) is 0 Å². The van der Waals surface area contributed by atoms with Gasteiger partial charge in [0.2, 0.25) is 0 Å². The summed E-state index contributed by atoms with van der Waals surface area (Å²) in [6.45, 7) is 4.76. The van der Waals surface area contributed by atoms with E-state index in [1.54, 1.807) is 6.92 Å². The Hall–Kier alpha value is -0.500. The summed E-state index contributed by atoms with van der Waals surface area (Å²) in [6.07, 6.45) is 0. The number of rotatable bonds is 1. The van der Waals surface area contributed by atoms with Crippen LogP contribution in [0.5, 0.6) is 0 Å². The Bertz CT molecular complexity index is 42.2. The Labute approximate surface area is 31.2 Å². The van der Waals surface area contributed by atoms with Crippen molar-refractivity contribution in [1.82, 2.24) is 5.90 Å². The molecule has 0 aromatic carbocycles. The molecular formula is C3H5NO. The van der Waals surface area contributed by atoms with E-state index in [2.05, 4.69) is 11.4 Å². The Balaban J connectivity index is 2.85. The monoisotopic (exact) mass is 71.0 g/mol. The number of allylic oxidation sites excluding steroid dienone is 1. The predicted molar refractivity (Wildman–Crippen MR) is 18.0 cm³/mol. The van der Waals surface area contributed by atoms with E-state index in [4.69, 9.17) is 5.90 Å². The summed E-state index contributed by atoms with van der Waals surface area (Å²) in [7, 11) is 0. The molecule has 2 radical (unpaired) electrons. The molecule has 0 aromatic heterocycles. The van der Waals surface area contributed by atoms with Crippen LogP contribution in [0.2, 0.25) is 0 Å². The topological polar surface area (TPSA) is 31.5 Å². The van der Waals surface area contributed by atoms with Gasteiger partial charge in [0.1, 0.15) is 11.7 Å². The second-order valence-electron chi connectivity index (χ2n) is 0.793. The molecule has 0 heterocycles. The Morgan fingerprint density at radius 3 is 2.20 bits per heavy atom. The second kappa shape index (κ2) is 1.79. The van der Waals surface area contributed by atoms with Crippen LogP contribution in [0.1, 0.15) is 6.92 Å². The quantitative estimate of drug-likeness (QED) is 0.327. The summed E-state index contributed by atoms with van der Waals surface area (Å²) in [5.74, 6) is 7.85. The lowest BCUT2D eigenvalue weighted by atomic mass is 10.7. The fraction of sp³-hybridized carbons (Fsp3) is 0.333.